The Morgan fingerprint density at radius 1 is 1.08 bits per heavy atom. The summed E-state index contributed by atoms with van der Waals surface area (Å²) in [6.07, 6.45) is 2.88. The van der Waals surface area contributed by atoms with Crippen molar-refractivity contribution in [3.8, 4) is 0 Å². The maximum absolute atomic E-state index is 12.3. The third-order valence-corrected chi connectivity index (χ3v) is 6.23. The van der Waals surface area contributed by atoms with Crippen LogP contribution in [0.2, 0.25) is 0 Å². The predicted molar refractivity (Wildman–Crippen MR) is 96.7 cm³/mol. The zero-order valence-corrected chi connectivity index (χ0v) is 16.3. The highest BCUT2D eigenvalue weighted by atomic mass is 79.9. The maximum Gasteiger partial charge on any atom is 0.241 e. The molecule has 0 radical (unpaired) electrons. The van der Waals surface area contributed by atoms with E-state index in [1.165, 1.54) is 6.92 Å². The average Bonchev–Trinajstić information content (AvgIpc) is 2.59. The van der Waals surface area contributed by atoms with Gasteiger partial charge < -0.3 is 0 Å². The number of rotatable bonds is 5. The highest BCUT2D eigenvalue weighted by Crippen LogP contribution is 2.28. The van der Waals surface area contributed by atoms with Crippen molar-refractivity contribution in [1.82, 2.24) is 15.6 Å². The van der Waals surface area contributed by atoms with Gasteiger partial charge in [-0.25, -0.2) is 13.1 Å². The minimum atomic E-state index is -3.52. The standard InChI is InChI=1S/C16H22BrN3O4S/c1-11(21)19-20-16(22)13-4-2-12(3-5-13)10-18-25(23,24)15-8-6-14(17)7-9-15/h6-9,12-13,18H,2-5,10H2,1H3,(H,19,21)(H,20,22). The van der Waals surface area contributed by atoms with Gasteiger partial charge in [-0.15, -0.1) is 0 Å². The van der Waals surface area contributed by atoms with Gasteiger partial charge in [0.05, 0.1) is 4.90 Å². The summed E-state index contributed by atoms with van der Waals surface area (Å²) in [5.41, 5.74) is 4.68. The number of nitrogens with one attached hydrogen (secondary N) is 3. The van der Waals surface area contributed by atoms with Crippen LogP contribution in [0, 0.1) is 11.8 Å². The molecule has 1 aromatic carbocycles. The SMILES string of the molecule is CC(=O)NNC(=O)C1CCC(CNS(=O)(=O)c2ccc(Br)cc2)CC1. The van der Waals surface area contributed by atoms with Crippen LogP contribution in [0.25, 0.3) is 0 Å². The Labute approximate surface area is 156 Å². The Morgan fingerprint density at radius 2 is 1.68 bits per heavy atom. The summed E-state index contributed by atoms with van der Waals surface area (Å²) in [5.74, 6) is -0.449. The van der Waals surface area contributed by atoms with Crippen LogP contribution in [0.3, 0.4) is 0 Å². The molecule has 1 aliphatic carbocycles. The second-order valence-corrected chi connectivity index (χ2v) is 8.88. The number of hydrazine groups is 1. The van der Waals surface area contributed by atoms with E-state index in [-0.39, 0.29) is 28.5 Å². The lowest BCUT2D eigenvalue weighted by molar-refractivity contribution is -0.131. The quantitative estimate of drug-likeness (QED) is 0.616. The van der Waals surface area contributed by atoms with E-state index >= 15 is 0 Å². The van der Waals surface area contributed by atoms with Gasteiger partial charge in [-0.2, -0.15) is 0 Å². The lowest BCUT2D eigenvalue weighted by Crippen LogP contribution is -2.44. The molecule has 0 spiro atoms. The fourth-order valence-electron chi connectivity index (χ4n) is 2.81. The molecule has 0 aliphatic heterocycles. The van der Waals surface area contributed by atoms with Gasteiger partial charge in [0.15, 0.2) is 0 Å². The van der Waals surface area contributed by atoms with Crippen molar-refractivity contribution in [3.05, 3.63) is 28.7 Å². The molecule has 138 valence electrons. The van der Waals surface area contributed by atoms with Crippen LogP contribution >= 0.6 is 15.9 Å². The molecule has 3 N–H and O–H groups in total. The summed E-state index contributed by atoms with van der Waals surface area (Å²) in [5, 5.41) is 0. The Bertz CT molecular complexity index is 713. The molecule has 2 amide bonds. The second kappa shape index (κ2) is 8.77. The van der Waals surface area contributed by atoms with Crippen LogP contribution in [-0.4, -0.2) is 26.8 Å². The summed E-state index contributed by atoms with van der Waals surface area (Å²) >= 11 is 3.28. The molecule has 0 atom stereocenters. The number of halogens is 1. The number of carbonyl (C=O) groups is 2. The van der Waals surface area contributed by atoms with Crippen molar-refractivity contribution in [2.24, 2.45) is 11.8 Å². The van der Waals surface area contributed by atoms with Gasteiger partial charge in [-0.05, 0) is 55.9 Å². The first-order chi connectivity index (χ1) is 11.8. The molecular formula is C16H22BrN3O4S. The Balaban J connectivity index is 1.79. The molecule has 25 heavy (non-hydrogen) atoms. The average molecular weight is 432 g/mol. The van der Waals surface area contributed by atoms with Crippen LogP contribution < -0.4 is 15.6 Å². The zero-order valence-electron chi connectivity index (χ0n) is 13.9. The van der Waals surface area contributed by atoms with Crippen molar-refractivity contribution in [2.75, 3.05) is 6.54 Å². The minimum Gasteiger partial charge on any atom is -0.274 e. The molecule has 9 heteroatoms. The number of sulfonamides is 1. The molecular weight excluding hydrogens is 410 g/mol. The van der Waals surface area contributed by atoms with E-state index in [0.29, 0.717) is 19.4 Å². The zero-order chi connectivity index (χ0) is 18.4. The number of hydrogen-bond acceptors (Lipinski definition) is 4. The Hall–Kier alpha value is -1.45. The van der Waals surface area contributed by atoms with E-state index in [9.17, 15) is 18.0 Å². The molecule has 0 saturated heterocycles. The van der Waals surface area contributed by atoms with Gasteiger partial charge in [0.1, 0.15) is 0 Å². The first-order valence-corrected chi connectivity index (χ1v) is 10.4. The molecule has 0 unspecified atom stereocenters. The van der Waals surface area contributed by atoms with E-state index in [0.717, 1.165) is 17.3 Å². The minimum absolute atomic E-state index is 0.147. The summed E-state index contributed by atoms with van der Waals surface area (Å²) in [7, 11) is -3.52. The summed E-state index contributed by atoms with van der Waals surface area (Å²) in [4.78, 5) is 22.9. The van der Waals surface area contributed by atoms with E-state index < -0.39 is 10.0 Å². The lowest BCUT2D eigenvalue weighted by Gasteiger charge is -2.27. The number of benzene rings is 1. The Kier molecular flexibility index (Phi) is 6.97. The monoisotopic (exact) mass is 431 g/mol. The van der Waals surface area contributed by atoms with Crippen LogP contribution in [-0.2, 0) is 19.6 Å². The fraction of sp³-hybridized carbons (Fsp3) is 0.500. The second-order valence-electron chi connectivity index (χ2n) is 6.19. The number of hydrogen-bond donors (Lipinski definition) is 3. The largest absolute Gasteiger partial charge is 0.274 e. The van der Waals surface area contributed by atoms with Crippen molar-refractivity contribution in [1.29, 1.82) is 0 Å². The molecule has 0 heterocycles. The van der Waals surface area contributed by atoms with Gasteiger partial charge in [-0.3, -0.25) is 20.4 Å². The molecule has 1 saturated carbocycles. The summed E-state index contributed by atoms with van der Waals surface area (Å²) < 4.78 is 28.0. The molecule has 0 aromatic heterocycles. The first kappa shape index (κ1) is 19.9. The van der Waals surface area contributed by atoms with E-state index in [2.05, 4.69) is 31.5 Å². The van der Waals surface area contributed by atoms with Crippen molar-refractivity contribution < 1.29 is 18.0 Å². The van der Waals surface area contributed by atoms with Crippen LogP contribution in [0.15, 0.2) is 33.6 Å². The van der Waals surface area contributed by atoms with Gasteiger partial charge in [0.25, 0.3) is 0 Å². The molecule has 1 aromatic rings. The van der Waals surface area contributed by atoms with Gasteiger partial charge in [-0.1, -0.05) is 15.9 Å². The van der Waals surface area contributed by atoms with Crippen LogP contribution in [0.1, 0.15) is 32.6 Å². The van der Waals surface area contributed by atoms with E-state index in [1.54, 1.807) is 24.3 Å². The van der Waals surface area contributed by atoms with Crippen molar-refractivity contribution >= 4 is 37.8 Å². The third-order valence-electron chi connectivity index (χ3n) is 4.27. The van der Waals surface area contributed by atoms with E-state index in [1.807, 2.05) is 0 Å². The lowest BCUT2D eigenvalue weighted by atomic mass is 9.82. The molecule has 1 fully saturated rings. The van der Waals surface area contributed by atoms with Crippen molar-refractivity contribution in [2.45, 2.75) is 37.5 Å². The molecule has 2 rings (SSSR count). The van der Waals surface area contributed by atoms with Gasteiger partial charge in [0, 0.05) is 23.9 Å². The highest BCUT2D eigenvalue weighted by Gasteiger charge is 2.27. The van der Waals surface area contributed by atoms with Crippen LogP contribution in [0.5, 0.6) is 0 Å². The molecule has 7 nitrogen and oxygen atoms in total. The maximum atomic E-state index is 12.3. The summed E-state index contributed by atoms with van der Waals surface area (Å²) in [6, 6.07) is 6.48. The Morgan fingerprint density at radius 3 is 2.24 bits per heavy atom. The normalized spacial score (nSPS) is 20.7. The number of carbonyl (C=O) groups excluding carboxylic acids is 2. The smallest absolute Gasteiger partial charge is 0.241 e. The topological polar surface area (TPSA) is 104 Å². The van der Waals surface area contributed by atoms with Crippen molar-refractivity contribution in [3.63, 3.8) is 0 Å². The third kappa shape index (κ3) is 6.09. The summed E-state index contributed by atoms with van der Waals surface area (Å²) in [6.45, 7) is 1.69. The highest BCUT2D eigenvalue weighted by molar-refractivity contribution is 9.10. The van der Waals surface area contributed by atoms with E-state index in [4.69, 9.17) is 0 Å². The van der Waals surface area contributed by atoms with Gasteiger partial charge >= 0.3 is 0 Å². The number of amides is 2. The first-order valence-electron chi connectivity index (χ1n) is 8.09. The predicted octanol–water partition coefficient (Wildman–Crippen LogP) is 1.70. The van der Waals surface area contributed by atoms with Gasteiger partial charge in [0.2, 0.25) is 21.8 Å². The van der Waals surface area contributed by atoms with Crippen LogP contribution in [0.4, 0.5) is 0 Å². The molecule has 0 bridgehead atoms. The molecule has 1 aliphatic rings. The fourth-order valence-corrected chi connectivity index (χ4v) is 4.19.